The molecule has 1 aromatic heterocycles. The standard InChI is InChI=1S/C22H20NO2.C5H8O2.Ir/c1-13-6-5-7-15-17(13)20-18-14(8-9-23(20)4)12-16-21(25-11-10-24-16)19(18)22(15,2)3;1-4(6)3-5(2)7;/h5-9,12H,1,4,10-11H2,2-3H3;3,6H,1-2H3;/q-1;;. The Balaban J connectivity index is 0.000000337. The molecule has 175 valence electrons. The van der Waals surface area contributed by atoms with E-state index in [4.69, 9.17) is 14.6 Å². The number of carbonyl (C=O) groups is 1. The molecule has 2 aromatic carbocycles. The van der Waals surface area contributed by atoms with Gasteiger partial charge in [-0.1, -0.05) is 25.5 Å². The van der Waals surface area contributed by atoms with E-state index in [1.165, 1.54) is 42.0 Å². The maximum Gasteiger partial charge on any atom is 0.165 e. The number of nitrogens with zero attached hydrogens (tertiary/aromatic N) is 1. The second-order valence-electron chi connectivity index (χ2n) is 8.74. The van der Waals surface area contributed by atoms with Crippen LogP contribution in [0.15, 0.2) is 48.4 Å². The summed E-state index contributed by atoms with van der Waals surface area (Å²) in [5, 5.41) is 10.7. The predicted molar refractivity (Wildman–Crippen MR) is 125 cm³/mol. The quantitative estimate of drug-likeness (QED) is 0.179. The summed E-state index contributed by atoms with van der Waals surface area (Å²) in [6.07, 6.45) is 3.17. The van der Waals surface area contributed by atoms with Crippen LogP contribution in [0.3, 0.4) is 0 Å². The van der Waals surface area contributed by atoms with Crippen molar-refractivity contribution >= 4 is 16.6 Å². The Morgan fingerprint density at radius 2 is 1.88 bits per heavy atom. The van der Waals surface area contributed by atoms with E-state index >= 15 is 0 Å². The van der Waals surface area contributed by atoms with E-state index < -0.39 is 0 Å². The van der Waals surface area contributed by atoms with Gasteiger partial charge in [-0.3, -0.25) is 4.79 Å². The summed E-state index contributed by atoms with van der Waals surface area (Å²) in [5.41, 5.74) is 5.53. The third-order valence-electron chi connectivity index (χ3n) is 5.92. The van der Waals surface area contributed by atoms with Gasteiger partial charge in [0.2, 0.25) is 0 Å². The Bertz CT molecular complexity index is 1270. The summed E-state index contributed by atoms with van der Waals surface area (Å²) in [4.78, 5) is 10.0. The molecule has 0 amide bonds. The molecule has 0 saturated carbocycles. The topological polar surface area (TPSA) is 59.6 Å². The van der Waals surface area contributed by atoms with E-state index in [9.17, 15) is 4.79 Å². The molecule has 1 N–H and O–H groups in total. The molecule has 6 heteroatoms. The van der Waals surface area contributed by atoms with Crippen LogP contribution in [0.1, 0.15) is 44.4 Å². The summed E-state index contributed by atoms with van der Waals surface area (Å²) in [5.74, 6) is 1.65. The first-order valence-corrected chi connectivity index (χ1v) is 10.6. The maximum atomic E-state index is 10.0. The maximum absolute atomic E-state index is 10.0. The number of hydrogen-bond acceptors (Lipinski definition) is 4. The van der Waals surface area contributed by atoms with Gasteiger partial charge >= 0.3 is 0 Å². The molecule has 1 radical (unpaired) electrons. The molecule has 0 saturated heterocycles. The van der Waals surface area contributed by atoms with Gasteiger partial charge in [-0.15, -0.1) is 11.6 Å². The molecule has 0 spiro atoms. The Morgan fingerprint density at radius 1 is 1.18 bits per heavy atom. The van der Waals surface area contributed by atoms with Crippen molar-refractivity contribution in [3.05, 3.63) is 79.0 Å². The van der Waals surface area contributed by atoms with E-state index in [0.717, 1.165) is 28.1 Å². The van der Waals surface area contributed by atoms with Crippen LogP contribution in [0.5, 0.6) is 11.5 Å². The normalized spacial score (nSPS) is 15.0. The average Bonchev–Trinajstić information content (AvgIpc) is 2.71. The number of aliphatic hydroxyl groups is 1. The number of rotatable bonds is 1. The minimum Gasteiger partial charge on any atom is -0.512 e. The van der Waals surface area contributed by atoms with Gasteiger partial charge in [0.25, 0.3) is 0 Å². The zero-order chi connectivity index (χ0) is 23.2. The predicted octanol–water partition coefficient (Wildman–Crippen LogP) is 5.06. The largest absolute Gasteiger partial charge is 0.512 e. The first-order chi connectivity index (χ1) is 15.1. The van der Waals surface area contributed by atoms with Crippen LogP contribution in [0.25, 0.3) is 22.0 Å². The first kappa shape index (κ1) is 24.7. The molecule has 1 aliphatic heterocycles. The molecule has 0 bridgehead atoms. The molecule has 0 fully saturated rings. The number of hydrogen-bond donors (Lipinski definition) is 1. The van der Waals surface area contributed by atoms with Crippen LogP contribution in [-0.4, -0.2) is 24.1 Å². The second-order valence-corrected chi connectivity index (χ2v) is 8.74. The minimum atomic E-state index is -0.214. The molecular weight excluding hydrogens is 595 g/mol. The Hall–Kier alpha value is -2.95. The number of fused-ring (bicyclic) bond motifs is 4. The van der Waals surface area contributed by atoms with Crippen molar-refractivity contribution in [3.8, 4) is 22.8 Å². The van der Waals surface area contributed by atoms with E-state index in [2.05, 4.69) is 58.2 Å². The van der Waals surface area contributed by atoms with Crippen LogP contribution in [0.2, 0.25) is 0 Å². The fourth-order valence-corrected chi connectivity index (χ4v) is 4.68. The third-order valence-corrected chi connectivity index (χ3v) is 5.92. The number of carbonyl (C=O) groups excluding carboxylic acids is 1. The van der Waals surface area contributed by atoms with Crippen molar-refractivity contribution in [3.63, 3.8) is 0 Å². The zero-order valence-corrected chi connectivity index (χ0v) is 21.7. The van der Waals surface area contributed by atoms with Gasteiger partial charge in [-0.25, -0.2) is 0 Å². The van der Waals surface area contributed by atoms with Crippen LogP contribution < -0.4 is 14.0 Å². The number of aromatic nitrogens is 1. The third kappa shape index (κ3) is 4.21. The molecule has 0 atom stereocenters. The number of ether oxygens (including phenoxy) is 2. The monoisotopic (exact) mass is 623 g/mol. The molecule has 5 rings (SSSR count). The summed E-state index contributed by atoms with van der Waals surface area (Å²) < 4.78 is 14.0. The van der Waals surface area contributed by atoms with E-state index in [-0.39, 0.29) is 37.1 Å². The first-order valence-electron chi connectivity index (χ1n) is 10.6. The van der Waals surface area contributed by atoms with Crippen molar-refractivity contribution in [2.75, 3.05) is 13.2 Å². The van der Waals surface area contributed by atoms with Gasteiger partial charge in [-0.2, -0.15) is 18.6 Å². The summed E-state index contributed by atoms with van der Waals surface area (Å²) in [6, 6.07) is 10.5. The molecule has 1 aliphatic carbocycles. The fraction of sp³-hybridized carbons (Fsp3) is 0.259. The van der Waals surface area contributed by atoms with Crippen LogP contribution in [-0.2, 0) is 30.3 Å². The number of aliphatic hydroxyl groups excluding tert-OH is 1. The van der Waals surface area contributed by atoms with Gasteiger partial charge in [0, 0.05) is 44.2 Å². The van der Waals surface area contributed by atoms with Gasteiger partial charge in [0.05, 0.1) is 17.6 Å². The second kappa shape index (κ2) is 9.12. The Labute approximate surface area is 208 Å². The van der Waals surface area contributed by atoms with Gasteiger partial charge < -0.3 is 19.1 Å². The van der Waals surface area contributed by atoms with Crippen molar-refractivity contribution in [2.24, 2.45) is 0 Å². The van der Waals surface area contributed by atoms with Crippen molar-refractivity contribution in [1.82, 2.24) is 0 Å². The molecular formula is C27H28IrNO4-. The Morgan fingerprint density at radius 3 is 2.52 bits per heavy atom. The average molecular weight is 623 g/mol. The van der Waals surface area contributed by atoms with Crippen LogP contribution in [0.4, 0.5) is 0 Å². The molecule has 5 nitrogen and oxygen atoms in total. The van der Waals surface area contributed by atoms with Crippen LogP contribution >= 0.6 is 0 Å². The Kier molecular flexibility index (Phi) is 6.83. The van der Waals surface area contributed by atoms with Gasteiger partial charge in [-0.05, 0) is 36.8 Å². The summed E-state index contributed by atoms with van der Waals surface area (Å²) in [6.45, 7) is 12.8. The van der Waals surface area contributed by atoms with E-state index in [1.807, 2.05) is 10.8 Å². The molecule has 3 aromatic rings. The SMILES string of the molecule is CC(=O)C=C(C)O.[CH2-]c1cccc2c1-c1c3c(c4c(cc3cc[n+]1[CH2-])OCCO4)C2(C)C.[Ir]. The molecule has 0 unspecified atom stereocenters. The van der Waals surface area contributed by atoms with E-state index in [0.29, 0.717) is 13.2 Å². The van der Waals surface area contributed by atoms with Crippen LogP contribution in [0, 0.1) is 14.0 Å². The number of benzene rings is 2. The minimum absolute atomic E-state index is 0. The van der Waals surface area contributed by atoms with Gasteiger partial charge in [0.15, 0.2) is 17.3 Å². The van der Waals surface area contributed by atoms with Crippen molar-refractivity contribution in [2.45, 2.75) is 33.1 Å². The number of pyridine rings is 1. The molecule has 2 aliphatic rings. The van der Waals surface area contributed by atoms with Gasteiger partial charge in [0.1, 0.15) is 13.2 Å². The summed E-state index contributed by atoms with van der Waals surface area (Å²) in [7, 11) is 4.23. The molecule has 2 heterocycles. The summed E-state index contributed by atoms with van der Waals surface area (Å²) >= 11 is 0. The fourth-order valence-electron chi connectivity index (χ4n) is 4.68. The van der Waals surface area contributed by atoms with Crippen molar-refractivity contribution in [1.29, 1.82) is 0 Å². The number of ketones is 1. The molecule has 33 heavy (non-hydrogen) atoms. The zero-order valence-electron chi connectivity index (χ0n) is 19.3. The van der Waals surface area contributed by atoms with Crippen molar-refractivity contribution < 1.29 is 44.0 Å². The number of allylic oxidation sites excluding steroid dienone is 2. The van der Waals surface area contributed by atoms with E-state index in [1.54, 1.807) is 0 Å². The smallest absolute Gasteiger partial charge is 0.165 e.